The molecular weight excluding hydrogens is 248 g/mol. The van der Waals surface area contributed by atoms with Gasteiger partial charge in [0.25, 0.3) is 0 Å². The van der Waals surface area contributed by atoms with E-state index >= 15 is 0 Å². The van der Waals surface area contributed by atoms with E-state index in [2.05, 4.69) is 5.10 Å². The lowest BCUT2D eigenvalue weighted by atomic mass is 10.2. The molecule has 7 nitrogen and oxygen atoms in total. The number of hydrogen-bond donors (Lipinski definition) is 2. The average molecular weight is 264 g/mol. The van der Waals surface area contributed by atoms with Gasteiger partial charge in [-0.3, -0.25) is 14.9 Å². The molecule has 2 heterocycles. The highest BCUT2D eigenvalue weighted by atomic mass is 16.5. The normalized spacial score (nSPS) is 10.5. The number of aromatic nitrogens is 2. The number of rotatable bonds is 5. The van der Waals surface area contributed by atoms with Crippen molar-refractivity contribution in [1.29, 1.82) is 0 Å². The van der Waals surface area contributed by atoms with Gasteiger partial charge in [-0.15, -0.1) is 0 Å². The van der Waals surface area contributed by atoms with Gasteiger partial charge in [0.05, 0.1) is 12.4 Å². The third-order valence-corrected chi connectivity index (χ3v) is 2.70. The number of hydrazine groups is 1. The summed E-state index contributed by atoms with van der Waals surface area (Å²) in [5, 5.41) is 4.10. The molecule has 0 radical (unpaired) electrons. The van der Waals surface area contributed by atoms with E-state index in [1.165, 1.54) is 0 Å². The Morgan fingerprint density at radius 1 is 1.63 bits per heavy atom. The van der Waals surface area contributed by atoms with E-state index in [0.29, 0.717) is 18.1 Å². The standard InChI is InChI=1S/C12H16N4O3/c1-3-16-6-10(5-14-16)18-7-9-4-11(12(17)15-13)19-8(9)2/h4-6H,3,7,13H2,1-2H3,(H,15,17). The van der Waals surface area contributed by atoms with E-state index in [1.54, 1.807) is 23.9 Å². The number of furan rings is 1. The predicted octanol–water partition coefficient (Wildman–Crippen LogP) is 0.987. The van der Waals surface area contributed by atoms with Gasteiger partial charge in [-0.1, -0.05) is 0 Å². The van der Waals surface area contributed by atoms with Crippen LogP contribution in [0.4, 0.5) is 0 Å². The Labute approximate surface area is 110 Å². The largest absolute Gasteiger partial charge is 0.485 e. The molecule has 7 heteroatoms. The van der Waals surface area contributed by atoms with E-state index in [1.807, 2.05) is 18.5 Å². The van der Waals surface area contributed by atoms with Crippen molar-refractivity contribution in [3.05, 3.63) is 35.5 Å². The molecule has 19 heavy (non-hydrogen) atoms. The molecule has 0 bridgehead atoms. The minimum Gasteiger partial charge on any atom is -0.485 e. The molecule has 0 aliphatic carbocycles. The summed E-state index contributed by atoms with van der Waals surface area (Å²) in [6, 6.07) is 1.61. The quantitative estimate of drug-likeness (QED) is 0.477. The first-order valence-corrected chi connectivity index (χ1v) is 5.89. The first kappa shape index (κ1) is 13.2. The lowest BCUT2D eigenvalue weighted by molar-refractivity contribution is 0.0924. The highest BCUT2D eigenvalue weighted by Crippen LogP contribution is 2.17. The van der Waals surface area contributed by atoms with Gasteiger partial charge in [0.2, 0.25) is 0 Å². The molecule has 3 N–H and O–H groups in total. The zero-order valence-electron chi connectivity index (χ0n) is 10.8. The third kappa shape index (κ3) is 2.94. The average Bonchev–Trinajstić information content (AvgIpc) is 3.02. The van der Waals surface area contributed by atoms with Crippen LogP contribution in [0.15, 0.2) is 22.9 Å². The predicted molar refractivity (Wildman–Crippen MR) is 67.3 cm³/mol. The maximum absolute atomic E-state index is 11.3. The van der Waals surface area contributed by atoms with Crippen LogP contribution in [-0.4, -0.2) is 15.7 Å². The zero-order valence-corrected chi connectivity index (χ0v) is 10.8. The Balaban J connectivity index is 2.03. The van der Waals surface area contributed by atoms with Gasteiger partial charge in [-0.25, -0.2) is 5.84 Å². The number of nitrogens with zero attached hydrogens (tertiary/aromatic N) is 2. The third-order valence-electron chi connectivity index (χ3n) is 2.70. The van der Waals surface area contributed by atoms with Crippen LogP contribution in [0.5, 0.6) is 5.75 Å². The molecule has 2 aromatic heterocycles. The van der Waals surface area contributed by atoms with Crippen LogP contribution in [0.2, 0.25) is 0 Å². The van der Waals surface area contributed by atoms with Crippen molar-refractivity contribution in [3.63, 3.8) is 0 Å². The summed E-state index contributed by atoms with van der Waals surface area (Å²) in [5.41, 5.74) is 2.81. The van der Waals surface area contributed by atoms with E-state index < -0.39 is 5.91 Å². The number of nitrogens with two attached hydrogens (primary N) is 1. The second kappa shape index (κ2) is 5.57. The Morgan fingerprint density at radius 3 is 3.05 bits per heavy atom. The summed E-state index contributed by atoms with van der Waals surface area (Å²) in [7, 11) is 0. The highest BCUT2D eigenvalue weighted by Gasteiger charge is 2.13. The topological polar surface area (TPSA) is 95.3 Å². The maximum Gasteiger partial charge on any atom is 0.300 e. The molecule has 0 saturated heterocycles. The number of amides is 1. The van der Waals surface area contributed by atoms with Gasteiger partial charge in [-0.05, 0) is 19.9 Å². The van der Waals surface area contributed by atoms with Crippen molar-refractivity contribution in [2.75, 3.05) is 0 Å². The summed E-state index contributed by atoms with van der Waals surface area (Å²) in [5.74, 6) is 6.05. The summed E-state index contributed by atoms with van der Waals surface area (Å²) < 4.78 is 12.6. The first-order valence-electron chi connectivity index (χ1n) is 5.89. The van der Waals surface area contributed by atoms with Crippen molar-refractivity contribution in [1.82, 2.24) is 15.2 Å². The van der Waals surface area contributed by atoms with E-state index in [0.717, 1.165) is 12.1 Å². The number of ether oxygens (including phenoxy) is 1. The summed E-state index contributed by atoms with van der Waals surface area (Å²) in [6.07, 6.45) is 3.45. The molecule has 102 valence electrons. The minimum atomic E-state index is -0.465. The van der Waals surface area contributed by atoms with Crippen LogP contribution in [0.25, 0.3) is 0 Å². The Hall–Kier alpha value is -2.28. The van der Waals surface area contributed by atoms with E-state index in [9.17, 15) is 4.79 Å². The van der Waals surface area contributed by atoms with Crippen molar-refractivity contribution in [3.8, 4) is 5.75 Å². The summed E-state index contributed by atoms with van der Waals surface area (Å²) in [4.78, 5) is 11.3. The number of carbonyl (C=O) groups is 1. The second-order valence-corrected chi connectivity index (χ2v) is 3.99. The number of hydrogen-bond acceptors (Lipinski definition) is 5. The second-order valence-electron chi connectivity index (χ2n) is 3.99. The van der Waals surface area contributed by atoms with Crippen molar-refractivity contribution in [2.24, 2.45) is 5.84 Å². The SMILES string of the molecule is CCn1cc(OCc2cc(C(=O)NN)oc2C)cn1. The lowest BCUT2D eigenvalue weighted by Gasteiger charge is -2.01. The Morgan fingerprint density at radius 2 is 2.42 bits per heavy atom. The van der Waals surface area contributed by atoms with Gasteiger partial charge >= 0.3 is 5.91 Å². The Kier molecular flexibility index (Phi) is 3.86. The highest BCUT2D eigenvalue weighted by molar-refractivity contribution is 5.91. The number of nitrogen functional groups attached to an aromatic ring is 1. The van der Waals surface area contributed by atoms with Crippen molar-refractivity contribution in [2.45, 2.75) is 27.0 Å². The fourth-order valence-electron chi connectivity index (χ4n) is 1.60. The fraction of sp³-hybridized carbons (Fsp3) is 0.333. The minimum absolute atomic E-state index is 0.169. The fourth-order valence-corrected chi connectivity index (χ4v) is 1.60. The molecule has 2 rings (SSSR count). The van der Waals surface area contributed by atoms with Crippen LogP contribution >= 0.6 is 0 Å². The molecule has 0 spiro atoms. The van der Waals surface area contributed by atoms with Crippen LogP contribution in [-0.2, 0) is 13.2 Å². The molecule has 0 unspecified atom stereocenters. The zero-order chi connectivity index (χ0) is 13.8. The maximum atomic E-state index is 11.3. The molecular formula is C12H16N4O3. The van der Waals surface area contributed by atoms with Gasteiger partial charge in [-0.2, -0.15) is 5.10 Å². The van der Waals surface area contributed by atoms with Crippen LogP contribution in [0.3, 0.4) is 0 Å². The molecule has 0 aromatic carbocycles. The molecule has 0 aliphatic heterocycles. The van der Waals surface area contributed by atoms with Gasteiger partial charge in [0, 0.05) is 12.1 Å². The number of carbonyl (C=O) groups excluding carboxylic acids is 1. The number of aryl methyl sites for hydroxylation is 2. The van der Waals surface area contributed by atoms with Gasteiger partial charge in [0.1, 0.15) is 12.4 Å². The van der Waals surface area contributed by atoms with Crippen molar-refractivity contribution >= 4 is 5.91 Å². The van der Waals surface area contributed by atoms with Gasteiger partial charge < -0.3 is 9.15 Å². The van der Waals surface area contributed by atoms with Crippen LogP contribution in [0, 0.1) is 6.92 Å². The molecule has 2 aromatic rings. The molecule has 0 saturated carbocycles. The van der Waals surface area contributed by atoms with E-state index in [4.69, 9.17) is 15.0 Å². The monoisotopic (exact) mass is 264 g/mol. The summed E-state index contributed by atoms with van der Waals surface area (Å²) in [6.45, 7) is 4.85. The van der Waals surface area contributed by atoms with Gasteiger partial charge in [0.15, 0.2) is 11.5 Å². The lowest BCUT2D eigenvalue weighted by Crippen LogP contribution is -2.29. The molecule has 0 fully saturated rings. The van der Waals surface area contributed by atoms with Crippen LogP contribution in [0.1, 0.15) is 28.8 Å². The van der Waals surface area contributed by atoms with Crippen LogP contribution < -0.4 is 16.0 Å². The Bertz CT molecular complexity index is 573. The molecule has 0 atom stereocenters. The summed E-state index contributed by atoms with van der Waals surface area (Å²) >= 11 is 0. The smallest absolute Gasteiger partial charge is 0.300 e. The molecule has 1 amide bonds. The molecule has 0 aliphatic rings. The van der Waals surface area contributed by atoms with E-state index in [-0.39, 0.29) is 5.76 Å². The number of nitrogens with one attached hydrogen (secondary N) is 1. The first-order chi connectivity index (χ1) is 9.13. The van der Waals surface area contributed by atoms with Crippen molar-refractivity contribution < 1.29 is 13.9 Å².